The van der Waals surface area contributed by atoms with Crippen LogP contribution in [-0.2, 0) is 0 Å². The Morgan fingerprint density at radius 2 is 2.10 bits per heavy atom. The van der Waals surface area contributed by atoms with E-state index in [4.69, 9.17) is 4.52 Å². The van der Waals surface area contributed by atoms with Gasteiger partial charge in [-0.3, -0.25) is 4.79 Å². The average molecular weight is 291 g/mol. The van der Waals surface area contributed by atoms with E-state index in [-0.39, 0.29) is 12.5 Å². The Kier molecular flexibility index (Phi) is 4.00. The first kappa shape index (κ1) is 15.4. The maximum absolute atomic E-state index is 12.8. The average Bonchev–Trinajstić information content (AvgIpc) is 2.74. The lowest BCUT2D eigenvalue weighted by Gasteiger charge is -2.28. The molecule has 21 heavy (non-hydrogen) atoms. The SMILES string of the molecule is CCN(CC(C)(C)O)C(=O)c1cc(C)nc2onc(C)c12. The topological polar surface area (TPSA) is 79.5 Å². The molecule has 2 aromatic heterocycles. The van der Waals surface area contributed by atoms with Gasteiger partial charge in [0.1, 0.15) is 0 Å². The lowest BCUT2D eigenvalue weighted by molar-refractivity contribution is 0.0315. The Hall–Kier alpha value is -1.95. The minimum Gasteiger partial charge on any atom is -0.389 e. The molecule has 0 unspecified atom stereocenters. The van der Waals surface area contributed by atoms with Gasteiger partial charge in [-0.2, -0.15) is 0 Å². The second-order valence-corrected chi connectivity index (χ2v) is 5.89. The zero-order chi connectivity index (χ0) is 15.8. The molecule has 2 rings (SSSR count). The molecule has 0 spiro atoms. The van der Waals surface area contributed by atoms with Crippen molar-refractivity contribution in [2.24, 2.45) is 0 Å². The Balaban J connectivity index is 2.49. The molecule has 0 aliphatic heterocycles. The van der Waals surface area contributed by atoms with Gasteiger partial charge in [0, 0.05) is 18.8 Å². The first-order valence-electron chi connectivity index (χ1n) is 6.98. The summed E-state index contributed by atoms with van der Waals surface area (Å²) in [5, 5.41) is 14.5. The molecule has 0 aliphatic carbocycles. The van der Waals surface area contributed by atoms with Gasteiger partial charge in [-0.05, 0) is 40.7 Å². The summed E-state index contributed by atoms with van der Waals surface area (Å²) in [6.07, 6.45) is 0. The number of hydrogen-bond donors (Lipinski definition) is 1. The number of likely N-dealkylation sites (N-methyl/N-ethyl adjacent to an activating group) is 1. The fourth-order valence-corrected chi connectivity index (χ4v) is 2.35. The molecule has 1 amide bonds. The maximum atomic E-state index is 12.8. The van der Waals surface area contributed by atoms with E-state index in [1.807, 2.05) is 6.92 Å². The number of aliphatic hydroxyl groups is 1. The van der Waals surface area contributed by atoms with Crippen molar-refractivity contribution in [2.45, 2.75) is 40.2 Å². The van der Waals surface area contributed by atoms with E-state index >= 15 is 0 Å². The van der Waals surface area contributed by atoms with Gasteiger partial charge in [-0.1, -0.05) is 5.16 Å². The predicted molar refractivity (Wildman–Crippen MR) is 79.2 cm³/mol. The maximum Gasteiger partial charge on any atom is 0.258 e. The number of amides is 1. The molecule has 2 aromatic rings. The van der Waals surface area contributed by atoms with E-state index in [0.29, 0.717) is 34.6 Å². The number of aromatic nitrogens is 2. The van der Waals surface area contributed by atoms with Gasteiger partial charge in [0.2, 0.25) is 0 Å². The molecule has 0 radical (unpaired) electrons. The summed E-state index contributed by atoms with van der Waals surface area (Å²) in [4.78, 5) is 18.6. The van der Waals surface area contributed by atoms with Crippen LogP contribution < -0.4 is 0 Å². The fourth-order valence-electron chi connectivity index (χ4n) is 2.35. The third kappa shape index (κ3) is 3.21. The number of aryl methyl sites for hydroxylation is 2. The van der Waals surface area contributed by atoms with Crippen LogP contribution in [0.25, 0.3) is 11.1 Å². The normalized spacial score (nSPS) is 11.9. The zero-order valence-electron chi connectivity index (χ0n) is 13.1. The van der Waals surface area contributed by atoms with Crippen molar-refractivity contribution in [3.63, 3.8) is 0 Å². The molecule has 0 saturated carbocycles. The summed E-state index contributed by atoms with van der Waals surface area (Å²) in [5.74, 6) is -0.151. The summed E-state index contributed by atoms with van der Waals surface area (Å²) in [6.45, 7) is 9.61. The van der Waals surface area contributed by atoms with Crippen molar-refractivity contribution in [1.29, 1.82) is 0 Å². The highest BCUT2D eigenvalue weighted by molar-refractivity contribution is 6.06. The molecule has 0 aliphatic rings. The summed E-state index contributed by atoms with van der Waals surface area (Å²) in [5.41, 5.74) is 1.27. The Labute approximate surface area is 123 Å². The van der Waals surface area contributed by atoms with E-state index < -0.39 is 5.60 Å². The molecule has 6 heteroatoms. The van der Waals surface area contributed by atoms with E-state index in [2.05, 4.69) is 10.1 Å². The van der Waals surface area contributed by atoms with E-state index in [0.717, 1.165) is 0 Å². The van der Waals surface area contributed by atoms with E-state index in [1.54, 1.807) is 38.7 Å². The van der Waals surface area contributed by atoms with Crippen LogP contribution in [0.4, 0.5) is 0 Å². The second-order valence-electron chi connectivity index (χ2n) is 5.89. The fraction of sp³-hybridized carbons (Fsp3) is 0.533. The van der Waals surface area contributed by atoms with Crippen LogP contribution in [0.3, 0.4) is 0 Å². The Morgan fingerprint density at radius 3 is 2.67 bits per heavy atom. The first-order chi connectivity index (χ1) is 9.73. The molecule has 2 heterocycles. The van der Waals surface area contributed by atoms with E-state index in [9.17, 15) is 9.90 Å². The number of pyridine rings is 1. The Morgan fingerprint density at radius 1 is 1.43 bits per heavy atom. The van der Waals surface area contributed by atoms with Crippen LogP contribution in [0.5, 0.6) is 0 Å². The number of nitrogens with zero attached hydrogens (tertiary/aromatic N) is 3. The number of carbonyl (C=O) groups is 1. The van der Waals surface area contributed by atoms with Gasteiger partial charge in [0.25, 0.3) is 11.6 Å². The van der Waals surface area contributed by atoms with Crippen molar-refractivity contribution in [2.75, 3.05) is 13.1 Å². The highest BCUT2D eigenvalue weighted by atomic mass is 16.5. The highest BCUT2D eigenvalue weighted by Gasteiger charge is 2.25. The van der Waals surface area contributed by atoms with E-state index in [1.165, 1.54) is 0 Å². The van der Waals surface area contributed by atoms with Crippen LogP contribution >= 0.6 is 0 Å². The molecule has 0 fully saturated rings. The molecule has 0 bridgehead atoms. The van der Waals surface area contributed by atoms with Crippen LogP contribution in [0.15, 0.2) is 10.6 Å². The van der Waals surface area contributed by atoms with Crippen molar-refractivity contribution in [1.82, 2.24) is 15.0 Å². The van der Waals surface area contributed by atoms with Gasteiger partial charge in [0.05, 0.1) is 22.2 Å². The molecular formula is C15H21N3O3. The van der Waals surface area contributed by atoms with Crippen LogP contribution in [0.1, 0.15) is 42.5 Å². The third-order valence-electron chi connectivity index (χ3n) is 3.22. The molecule has 6 nitrogen and oxygen atoms in total. The standard InChI is InChI=1S/C15H21N3O3/c1-6-18(8-15(4,5)20)14(19)11-7-9(2)16-13-12(11)10(3)17-21-13/h7,20H,6,8H2,1-5H3. The van der Waals surface area contributed by atoms with Crippen LogP contribution in [-0.4, -0.2) is 44.7 Å². The third-order valence-corrected chi connectivity index (χ3v) is 3.22. The smallest absolute Gasteiger partial charge is 0.258 e. The minimum absolute atomic E-state index is 0.151. The van der Waals surface area contributed by atoms with Gasteiger partial charge in [-0.25, -0.2) is 4.98 Å². The Bertz CT molecular complexity index is 671. The second kappa shape index (κ2) is 5.44. The number of hydrogen-bond acceptors (Lipinski definition) is 5. The zero-order valence-corrected chi connectivity index (χ0v) is 13.1. The summed E-state index contributed by atoms with van der Waals surface area (Å²) in [7, 11) is 0. The van der Waals surface area contributed by atoms with Crippen molar-refractivity contribution in [3.05, 3.63) is 23.0 Å². The molecule has 1 N–H and O–H groups in total. The predicted octanol–water partition coefficient (Wildman–Crippen LogP) is 2.07. The van der Waals surface area contributed by atoms with Gasteiger partial charge >= 0.3 is 0 Å². The minimum atomic E-state index is -0.948. The lowest BCUT2D eigenvalue weighted by atomic mass is 10.1. The number of carbonyl (C=O) groups excluding carboxylic acids is 1. The largest absolute Gasteiger partial charge is 0.389 e. The molecule has 0 saturated heterocycles. The molecule has 114 valence electrons. The van der Waals surface area contributed by atoms with Crippen LogP contribution in [0, 0.1) is 13.8 Å². The molecular weight excluding hydrogens is 270 g/mol. The summed E-state index contributed by atoms with van der Waals surface area (Å²) >= 11 is 0. The first-order valence-corrected chi connectivity index (χ1v) is 6.98. The summed E-state index contributed by atoms with van der Waals surface area (Å²) in [6, 6.07) is 1.74. The number of rotatable bonds is 4. The van der Waals surface area contributed by atoms with Crippen molar-refractivity contribution >= 4 is 17.0 Å². The van der Waals surface area contributed by atoms with Crippen molar-refractivity contribution in [3.8, 4) is 0 Å². The number of fused-ring (bicyclic) bond motifs is 1. The van der Waals surface area contributed by atoms with Gasteiger partial charge < -0.3 is 14.5 Å². The van der Waals surface area contributed by atoms with Crippen molar-refractivity contribution < 1.29 is 14.4 Å². The lowest BCUT2D eigenvalue weighted by Crippen LogP contribution is -2.42. The highest BCUT2D eigenvalue weighted by Crippen LogP contribution is 2.23. The molecule has 0 atom stereocenters. The van der Waals surface area contributed by atoms with Crippen LogP contribution in [0.2, 0.25) is 0 Å². The van der Waals surface area contributed by atoms with Gasteiger partial charge in [0.15, 0.2) is 0 Å². The monoisotopic (exact) mass is 291 g/mol. The molecule has 0 aromatic carbocycles. The quantitative estimate of drug-likeness (QED) is 0.933. The van der Waals surface area contributed by atoms with Gasteiger partial charge in [-0.15, -0.1) is 0 Å². The summed E-state index contributed by atoms with van der Waals surface area (Å²) < 4.78 is 5.15.